The van der Waals surface area contributed by atoms with Gasteiger partial charge in [0, 0.05) is 16.8 Å². The first-order valence-electron chi connectivity index (χ1n) is 7.84. The van der Waals surface area contributed by atoms with E-state index in [-0.39, 0.29) is 0 Å². The van der Waals surface area contributed by atoms with E-state index in [4.69, 9.17) is 16.3 Å². The number of nitrogens with one attached hydrogen (secondary N) is 1. The zero-order chi connectivity index (χ0) is 19.5. The molecule has 0 saturated carbocycles. The van der Waals surface area contributed by atoms with Gasteiger partial charge in [0.25, 0.3) is 0 Å². The van der Waals surface area contributed by atoms with Crippen molar-refractivity contribution >= 4 is 38.9 Å². The van der Waals surface area contributed by atoms with E-state index < -0.39 is 22.0 Å². The van der Waals surface area contributed by atoms with Crippen molar-refractivity contribution in [1.29, 1.82) is 0 Å². The minimum atomic E-state index is -3.70. The van der Waals surface area contributed by atoms with Gasteiger partial charge in [-0.15, -0.1) is 0 Å². The molecule has 0 saturated heterocycles. The van der Waals surface area contributed by atoms with Crippen LogP contribution in [-0.4, -0.2) is 33.7 Å². The number of anilines is 2. The Morgan fingerprint density at radius 2 is 1.92 bits per heavy atom. The lowest BCUT2D eigenvalue weighted by Crippen LogP contribution is -2.45. The molecule has 0 heterocycles. The molecular formula is C18H21ClN2O4S. The fraction of sp³-hybridized carbons (Fsp3) is 0.278. The van der Waals surface area contributed by atoms with Gasteiger partial charge in [0.1, 0.15) is 11.8 Å². The van der Waals surface area contributed by atoms with E-state index in [2.05, 4.69) is 5.32 Å². The number of nitrogens with zero attached hydrogens (tertiary/aromatic N) is 1. The van der Waals surface area contributed by atoms with E-state index in [1.807, 2.05) is 6.92 Å². The number of carbonyl (C=O) groups is 1. The van der Waals surface area contributed by atoms with Crippen molar-refractivity contribution in [3.63, 3.8) is 0 Å². The Labute approximate surface area is 158 Å². The lowest BCUT2D eigenvalue weighted by atomic mass is 10.2. The van der Waals surface area contributed by atoms with Crippen molar-refractivity contribution in [1.82, 2.24) is 0 Å². The van der Waals surface area contributed by atoms with Crippen molar-refractivity contribution in [2.75, 3.05) is 23.0 Å². The summed E-state index contributed by atoms with van der Waals surface area (Å²) in [5, 5.41) is 3.22. The van der Waals surface area contributed by atoms with E-state index in [1.165, 1.54) is 14.0 Å². The van der Waals surface area contributed by atoms with E-state index >= 15 is 0 Å². The fourth-order valence-electron chi connectivity index (χ4n) is 2.47. The molecule has 1 N–H and O–H groups in total. The second-order valence-electron chi connectivity index (χ2n) is 5.89. The number of methoxy groups -OCH3 is 1. The summed E-state index contributed by atoms with van der Waals surface area (Å²) in [5.74, 6) is 0.0206. The predicted molar refractivity (Wildman–Crippen MR) is 105 cm³/mol. The third-order valence-electron chi connectivity index (χ3n) is 3.84. The molecule has 0 aromatic heterocycles. The number of ether oxygens (including phenoxy) is 1. The normalized spacial score (nSPS) is 12.3. The van der Waals surface area contributed by atoms with Crippen molar-refractivity contribution in [2.24, 2.45) is 0 Å². The van der Waals surface area contributed by atoms with E-state index in [0.29, 0.717) is 22.1 Å². The molecule has 0 spiro atoms. The van der Waals surface area contributed by atoms with Gasteiger partial charge >= 0.3 is 0 Å². The first-order chi connectivity index (χ1) is 12.1. The van der Waals surface area contributed by atoms with Gasteiger partial charge in [0.2, 0.25) is 15.9 Å². The van der Waals surface area contributed by atoms with Crippen LogP contribution < -0.4 is 14.4 Å². The standard InChI is InChI=1S/C18H21ClN2O4S/c1-12-8-9-14(10-17(12)19)20-18(22)13(2)21(26(4,23)24)15-6-5-7-16(11-15)25-3/h5-11,13H,1-4H3,(H,20,22). The van der Waals surface area contributed by atoms with Crippen LogP contribution in [-0.2, 0) is 14.8 Å². The maximum Gasteiger partial charge on any atom is 0.247 e. The molecule has 1 unspecified atom stereocenters. The highest BCUT2D eigenvalue weighted by molar-refractivity contribution is 7.92. The van der Waals surface area contributed by atoms with Crippen LogP contribution in [0.1, 0.15) is 12.5 Å². The Kier molecular flexibility index (Phi) is 6.15. The van der Waals surface area contributed by atoms with Crippen LogP contribution in [0.15, 0.2) is 42.5 Å². The molecule has 0 aliphatic carbocycles. The SMILES string of the molecule is COc1cccc(N(C(C)C(=O)Nc2ccc(C)c(Cl)c2)S(C)(=O)=O)c1. The monoisotopic (exact) mass is 396 g/mol. The molecular weight excluding hydrogens is 376 g/mol. The van der Waals surface area contributed by atoms with Crippen LogP contribution in [0, 0.1) is 6.92 Å². The van der Waals surface area contributed by atoms with Crippen LogP contribution >= 0.6 is 11.6 Å². The molecule has 1 atom stereocenters. The first-order valence-corrected chi connectivity index (χ1v) is 10.1. The van der Waals surface area contributed by atoms with Gasteiger partial charge in [-0.25, -0.2) is 8.42 Å². The molecule has 0 aliphatic rings. The fourth-order valence-corrected chi connectivity index (χ4v) is 3.82. The van der Waals surface area contributed by atoms with Gasteiger partial charge in [0.15, 0.2) is 0 Å². The van der Waals surface area contributed by atoms with Gasteiger partial charge in [-0.05, 0) is 43.7 Å². The van der Waals surface area contributed by atoms with Gasteiger partial charge in [-0.1, -0.05) is 23.7 Å². The third-order valence-corrected chi connectivity index (χ3v) is 5.48. The number of amides is 1. The molecule has 0 radical (unpaired) electrons. The van der Waals surface area contributed by atoms with E-state index in [0.717, 1.165) is 16.1 Å². The number of hydrogen-bond donors (Lipinski definition) is 1. The molecule has 26 heavy (non-hydrogen) atoms. The summed E-state index contributed by atoms with van der Waals surface area (Å²) in [4.78, 5) is 12.6. The lowest BCUT2D eigenvalue weighted by Gasteiger charge is -2.28. The molecule has 0 bridgehead atoms. The quantitative estimate of drug-likeness (QED) is 0.811. The Balaban J connectivity index is 2.32. The predicted octanol–water partition coefficient (Wildman–Crippen LogP) is 3.45. The number of carbonyl (C=O) groups excluding carboxylic acids is 1. The topological polar surface area (TPSA) is 75.7 Å². The summed E-state index contributed by atoms with van der Waals surface area (Å²) in [5.41, 5.74) is 1.72. The van der Waals surface area contributed by atoms with Gasteiger partial charge in [-0.3, -0.25) is 9.10 Å². The smallest absolute Gasteiger partial charge is 0.247 e. The summed E-state index contributed by atoms with van der Waals surface area (Å²) in [6.07, 6.45) is 1.05. The molecule has 1 amide bonds. The number of rotatable bonds is 6. The van der Waals surface area contributed by atoms with Crippen molar-refractivity contribution in [3.05, 3.63) is 53.1 Å². The molecule has 2 aromatic carbocycles. The van der Waals surface area contributed by atoms with Crippen molar-refractivity contribution in [3.8, 4) is 5.75 Å². The molecule has 2 rings (SSSR count). The van der Waals surface area contributed by atoms with Gasteiger partial charge in [0.05, 0.1) is 19.1 Å². The Bertz CT molecular complexity index is 915. The summed E-state index contributed by atoms with van der Waals surface area (Å²) in [6.45, 7) is 3.37. The largest absolute Gasteiger partial charge is 0.497 e. The number of halogens is 1. The summed E-state index contributed by atoms with van der Waals surface area (Å²) in [6, 6.07) is 10.7. The Morgan fingerprint density at radius 3 is 2.50 bits per heavy atom. The van der Waals surface area contributed by atoms with Gasteiger partial charge in [-0.2, -0.15) is 0 Å². The average Bonchev–Trinajstić information content (AvgIpc) is 2.57. The highest BCUT2D eigenvalue weighted by Crippen LogP contribution is 2.26. The average molecular weight is 397 g/mol. The van der Waals surface area contributed by atoms with Crippen LogP contribution in [0.25, 0.3) is 0 Å². The van der Waals surface area contributed by atoms with Crippen LogP contribution in [0.3, 0.4) is 0 Å². The summed E-state index contributed by atoms with van der Waals surface area (Å²) >= 11 is 6.07. The minimum absolute atomic E-state index is 0.344. The van der Waals surface area contributed by atoms with Gasteiger partial charge < -0.3 is 10.1 Å². The van der Waals surface area contributed by atoms with Crippen LogP contribution in [0.2, 0.25) is 5.02 Å². The highest BCUT2D eigenvalue weighted by Gasteiger charge is 2.29. The van der Waals surface area contributed by atoms with E-state index in [1.54, 1.807) is 42.5 Å². The summed E-state index contributed by atoms with van der Waals surface area (Å²) in [7, 11) is -2.22. The second-order valence-corrected chi connectivity index (χ2v) is 8.16. The molecule has 0 fully saturated rings. The maximum atomic E-state index is 12.6. The second kappa shape index (κ2) is 7.97. The lowest BCUT2D eigenvalue weighted by molar-refractivity contribution is -0.116. The number of benzene rings is 2. The van der Waals surface area contributed by atoms with Crippen molar-refractivity contribution in [2.45, 2.75) is 19.9 Å². The third kappa shape index (κ3) is 4.68. The Morgan fingerprint density at radius 1 is 1.23 bits per heavy atom. The zero-order valence-electron chi connectivity index (χ0n) is 15.0. The first kappa shape index (κ1) is 20.1. The Hall–Kier alpha value is -2.25. The number of sulfonamides is 1. The minimum Gasteiger partial charge on any atom is -0.497 e. The number of hydrogen-bond acceptors (Lipinski definition) is 4. The molecule has 2 aromatic rings. The highest BCUT2D eigenvalue weighted by atomic mass is 35.5. The zero-order valence-corrected chi connectivity index (χ0v) is 16.6. The summed E-state index contributed by atoms with van der Waals surface area (Å²) < 4.78 is 30.8. The molecule has 140 valence electrons. The number of aryl methyl sites for hydroxylation is 1. The van der Waals surface area contributed by atoms with E-state index in [9.17, 15) is 13.2 Å². The molecule has 8 heteroatoms. The van der Waals surface area contributed by atoms with Crippen LogP contribution in [0.5, 0.6) is 5.75 Å². The van der Waals surface area contributed by atoms with Crippen LogP contribution in [0.4, 0.5) is 11.4 Å². The molecule has 0 aliphatic heterocycles. The maximum absolute atomic E-state index is 12.6. The molecule has 6 nitrogen and oxygen atoms in total. The van der Waals surface area contributed by atoms with Crippen molar-refractivity contribution < 1.29 is 17.9 Å².